The van der Waals surface area contributed by atoms with Crippen LogP contribution in [-0.4, -0.2) is 42.0 Å². The molecule has 3 nitrogen and oxygen atoms in total. The first-order chi connectivity index (χ1) is 8.31. The van der Waals surface area contributed by atoms with Crippen LogP contribution in [0.25, 0.3) is 0 Å². The van der Waals surface area contributed by atoms with Crippen LogP contribution in [-0.2, 0) is 6.54 Å². The number of nitrogens with two attached hydrogens (primary N) is 1. The van der Waals surface area contributed by atoms with Crippen LogP contribution in [0.1, 0.15) is 18.4 Å². The molecule has 0 spiro atoms. The summed E-state index contributed by atoms with van der Waals surface area (Å²) in [6.45, 7) is 5.99. The molecule has 1 saturated carbocycles. The monoisotopic (exact) mass is 231 g/mol. The highest BCUT2D eigenvalue weighted by atomic mass is 15.3. The van der Waals surface area contributed by atoms with E-state index in [4.69, 9.17) is 5.73 Å². The van der Waals surface area contributed by atoms with Crippen molar-refractivity contribution in [2.24, 2.45) is 0 Å². The molecule has 92 valence electrons. The van der Waals surface area contributed by atoms with Gasteiger partial charge in [-0.3, -0.25) is 9.80 Å². The molecule has 0 unspecified atom stereocenters. The van der Waals surface area contributed by atoms with Gasteiger partial charge in [0, 0.05) is 44.5 Å². The Bertz CT molecular complexity index is 362. The summed E-state index contributed by atoms with van der Waals surface area (Å²) in [6, 6.07) is 9.20. The van der Waals surface area contributed by atoms with E-state index in [9.17, 15) is 0 Å². The number of anilines is 1. The van der Waals surface area contributed by atoms with Crippen LogP contribution in [0, 0.1) is 0 Å². The minimum atomic E-state index is 0.854. The second-order valence-electron chi connectivity index (χ2n) is 5.28. The number of piperazine rings is 1. The van der Waals surface area contributed by atoms with E-state index in [-0.39, 0.29) is 0 Å². The molecule has 2 N–H and O–H groups in total. The molecule has 2 aliphatic rings. The van der Waals surface area contributed by atoms with E-state index < -0.39 is 0 Å². The summed E-state index contributed by atoms with van der Waals surface area (Å²) in [4.78, 5) is 5.20. The molecular weight excluding hydrogens is 210 g/mol. The van der Waals surface area contributed by atoms with Crippen molar-refractivity contribution >= 4 is 5.69 Å². The van der Waals surface area contributed by atoms with Gasteiger partial charge in [0.05, 0.1) is 0 Å². The van der Waals surface area contributed by atoms with E-state index >= 15 is 0 Å². The molecule has 17 heavy (non-hydrogen) atoms. The predicted molar refractivity (Wildman–Crippen MR) is 70.7 cm³/mol. The normalized spacial score (nSPS) is 22.8. The molecule has 2 fully saturated rings. The highest BCUT2D eigenvalue weighted by molar-refractivity contribution is 5.39. The Labute approximate surface area is 103 Å². The highest BCUT2D eigenvalue weighted by Gasteiger charge is 2.30. The summed E-state index contributed by atoms with van der Waals surface area (Å²) in [5.74, 6) is 0. The average Bonchev–Trinajstić information content (AvgIpc) is 3.17. The molecule has 0 radical (unpaired) electrons. The van der Waals surface area contributed by atoms with Crippen LogP contribution in [0.2, 0.25) is 0 Å². The largest absolute Gasteiger partial charge is 0.399 e. The van der Waals surface area contributed by atoms with Gasteiger partial charge in [-0.15, -0.1) is 0 Å². The first kappa shape index (κ1) is 11.1. The van der Waals surface area contributed by atoms with Crippen LogP contribution in [0.3, 0.4) is 0 Å². The molecule has 1 aliphatic heterocycles. The SMILES string of the molecule is Nc1ccc(CN2CCN(C3CC3)CC2)cc1. The highest BCUT2D eigenvalue weighted by Crippen LogP contribution is 2.27. The summed E-state index contributed by atoms with van der Waals surface area (Å²) >= 11 is 0. The van der Waals surface area contributed by atoms with Crippen molar-refractivity contribution in [1.82, 2.24) is 9.80 Å². The number of hydrogen-bond acceptors (Lipinski definition) is 3. The third-order valence-corrected chi connectivity index (χ3v) is 3.86. The van der Waals surface area contributed by atoms with Crippen molar-refractivity contribution < 1.29 is 0 Å². The van der Waals surface area contributed by atoms with Crippen molar-refractivity contribution in [1.29, 1.82) is 0 Å². The summed E-state index contributed by atoms with van der Waals surface area (Å²) in [5, 5.41) is 0. The molecule has 0 bridgehead atoms. The van der Waals surface area contributed by atoms with Crippen LogP contribution in [0.5, 0.6) is 0 Å². The maximum Gasteiger partial charge on any atom is 0.0314 e. The molecule has 0 atom stereocenters. The van der Waals surface area contributed by atoms with Gasteiger partial charge < -0.3 is 5.73 Å². The van der Waals surface area contributed by atoms with Gasteiger partial charge in [-0.25, -0.2) is 0 Å². The van der Waals surface area contributed by atoms with E-state index in [1.807, 2.05) is 12.1 Å². The molecule has 1 saturated heterocycles. The van der Waals surface area contributed by atoms with Crippen LogP contribution in [0.4, 0.5) is 5.69 Å². The molecule has 0 amide bonds. The first-order valence-electron chi connectivity index (χ1n) is 6.62. The zero-order valence-corrected chi connectivity index (χ0v) is 10.3. The predicted octanol–water partition coefficient (Wildman–Crippen LogP) is 1.55. The maximum absolute atomic E-state index is 5.70. The third-order valence-electron chi connectivity index (χ3n) is 3.86. The molecule has 0 aromatic heterocycles. The minimum Gasteiger partial charge on any atom is -0.399 e. The molecule has 3 rings (SSSR count). The Hall–Kier alpha value is -1.06. The van der Waals surface area contributed by atoms with Gasteiger partial charge in [0.25, 0.3) is 0 Å². The zero-order valence-electron chi connectivity index (χ0n) is 10.3. The second kappa shape index (κ2) is 4.67. The lowest BCUT2D eigenvalue weighted by molar-refractivity contribution is 0.121. The maximum atomic E-state index is 5.70. The fourth-order valence-electron chi connectivity index (χ4n) is 2.61. The molecule has 1 heterocycles. The third kappa shape index (κ3) is 2.79. The molecular formula is C14H21N3. The van der Waals surface area contributed by atoms with Crippen LogP contribution >= 0.6 is 0 Å². The molecule has 1 aromatic rings. The van der Waals surface area contributed by atoms with Gasteiger partial charge in [0.2, 0.25) is 0 Å². The lowest BCUT2D eigenvalue weighted by atomic mass is 10.2. The zero-order chi connectivity index (χ0) is 11.7. The number of nitrogens with zero attached hydrogens (tertiary/aromatic N) is 2. The van der Waals surface area contributed by atoms with Gasteiger partial charge in [0.15, 0.2) is 0 Å². The molecule has 1 aliphatic carbocycles. The van der Waals surface area contributed by atoms with Crippen molar-refractivity contribution in [3.63, 3.8) is 0 Å². The Kier molecular flexibility index (Phi) is 3.04. The summed E-state index contributed by atoms with van der Waals surface area (Å²) in [6.07, 6.45) is 2.86. The van der Waals surface area contributed by atoms with Crippen molar-refractivity contribution in [3.05, 3.63) is 29.8 Å². The molecule has 3 heteroatoms. The lowest BCUT2D eigenvalue weighted by Gasteiger charge is -2.34. The second-order valence-corrected chi connectivity index (χ2v) is 5.28. The van der Waals surface area contributed by atoms with Crippen molar-refractivity contribution in [2.45, 2.75) is 25.4 Å². The number of rotatable bonds is 3. The average molecular weight is 231 g/mol. The lowest BCUT2D eigenvalue weighted by Crippen LogP contribution is -2.46. The summed E-state index contributed by atoms with van der Waals surface area (Å²) < 4.78 is 0. The minimum absolute atomic E-state index is 0.854. The summed E-state index contributed by atoms with van der Waals surface area (Å²) in [5.41, 5.74) is 7.93. The van der Waals surface area contributed by atoms with Crippen LogP contribution < -0.4 is 5.73 Å². The Morgan fingerprint density at radius 1 is 1.00 bits per heavy atom. The van der Waals surface area contributed by atoms with Gasteiger partial charge in [-0.2, -0.15) is 0 Å². The van der Waals surface area contributed by atoms with Gasteiger partial charge in [-0.05, 0) is 30.5 Å². The van der Waals surface area contributed by atoms with E-state index in [2.05, 4.69) is 21.9 Å². The Morgan fingerprint density at radius 3 is 2.24 bits per heavy atom. The first-order valence-corrected chi connectivity index (χ1v) is 6.62. The van der Waals surface area contributed by atoms with Crippen molar-refractivity contribution in [3.8, 4) is 0 Å². The van der Waals surface area contributed by atoms with Gasteiger partial charge in [0.1, 0.15) is 0 Å². The topological polar surface area (TPSA) is 32.5 Å². The van der Waals surface area contributed by atoms with Gasteiger partial charge in [-0.1, -0.05) is 12.1 Å². The Balaban J connectivity index is 1.51. The van der Waals surface area contributed by atoms with E-state index in [0.29, 0.717) is 0 Å². The van der Waals surface area contributed by atoms with Crippen LogP contribution in [0.15, 0.2) is 24.3 Å². The fourth-order valence-corrected chi connectivity index (χ4v) is 2.61. The van der Waals surface area contributed by atoms with E-state index in [1.165, 1.54) is 44.6 Å². The number of nitrogen functional groups attached to an aromatic ring is 1. The fraction of sp³-hybridized carbons (Fsp3) is 0.571. The van der Waals surface area contributed by atoms with E-state index in [0.717, 1.165) is 18.3 Å². The number of hydrogen-bond donors (Lipinski definition) is 1. The summed E-state index contributed by atoms with van der Waals surface area (Å²) in [7, 11) is 0. The van der Waals surface area contributed by atoms with Gasteiger partial charge >= 0.3 is 0 Å². The smallest absolute Gasteiger partial charge is 0.0314 e. The Morgan fingerprint density at radius 2 is 1.65 bits per heavy atom. The number of benzene rings is 1. The molecule has 1 aromatic carbocycles. The van der Waals surface area contributed by atoms with Crippen molar-refractivity contribution in [2.75, 3.05) is 31.9 Å². The standard InChI is InChI=1S/C14H21N3/c15-13-3-1-12(2-4-13)11-16-7-9-17(10-8-16)14-5-6-14/h1-4,14H,5-11,15H2. The quantitative estimate of drug-likeness (QED) is 0.801. The van der Waals surface area contributed by atoms with E-state index in [1.54, 1.807) is 0 Å².